The maximum absolute atomic E-state index is 13.6. The monoisotopic (exact) mass is 242 g/mol. The summed E-state index contributed by atoms with van der Waals surface area (Å²) in [5, 5.41) is 8.97. The lowest BCUT2D eigenvalue weighted by Crippen LogP contribution is -2.30. The van der Waals surface area contributed by atoms with Crippen molar-refractivity contribution in [1.82, 2.24) is 0 Å². The Morgan fingerprint density at radius 1 is 1.41 bits per heavy atom. The highest BCUT2D eigenvalue weighted by molar-refractivity contribution is 5.48. The lowest BCUT2D eigenvalue weighted by atomic mass is 10.2. The summed E-state index contributed by atoms with van der Waals surface area (Å²) in [6, 6.07) is 4.91. The number of benzene rings is 1. The number of aliphatic hydroxyl groups is 1. The summed E-state index contributed by atoms with van der Waals surface area (Å²) >= 11 is 0. The van der Waals surface area contributed by atoms with Crippen LogP contribution in [0, 0.1) is 5.82 Å². The van der Waals surface area contributed by atoms with Crippen molar-refractivity contribution >= 4 is 5.69 Å². The van der Waals surface area contributed by atoms with Gasteiger partial charge in [0.1, 0.15) is 5.82 Å². The highest BCUT2D eigenvalue weighted by Crippen LogP contribution is 2.18. The molecule has 0 atom stereocenters. The van der Waals surface area contributed by atoms with Crippen LogP contribution in [0.3, 0.4) is 0 Å². The number of anilines is 1. The molecule has 0 aliphatic heterocycles. The summed E-state index contributed by atoms with van der Waals surface area (Å²) in [7, 11) is 1.61. The molecule has 5 heteroatoms. The van der Waals surface area contributed by atoms with E-state index in [1.165, 1.54) is 6.07 Å². The second-order valence-corrected chi connectivity index (χ2v) is 3.68. The molecule has 0 amide bonds. The third-order valence-corrected chi connectivity index (χ3v) is 2.56. The fourth-order valence-corrected chi connectivity index (χ4v) is 1.59. The van der Waals surface area contributed by atoms with E-state index in [4.69, 9.17) is 15.6 Å². The molecule has 0 radical (unpaired) electrons. The van der Waals surface area contributed by atoms with Crippen molar-refractivity contribution in [3.05, 3.63) is 29.6 Å². The number of ether oxygens (including phenoxy) is 1. The summed E-state index contributed by atoms with van der Waals surface area (Å²) in [6.45, 7) is 1.79. The van der Waals surface area contributed by atoms with Crippen LogP contribution in [0.15, 0.2) is 18.2 Å². The van der Waals surface area contributed by atoms with Crippen molar-refractivity contribution in [2.75, 3.05) is 38.3 Å². The average Bonchev–Trinajstić information content (AvgIpc) is 2.34. The predicted octanol–water partition coefficient (Wildman–Crippen LogP) is 0.730. The third-order valence-electron chi connectivity index (χ3n) is 2.56. The molecule has 0 heterocycles. The van der Waals surface area contributed by atoms with Crippen molar-refractivity contribution in [2.24, 2.45) is 5.73 Å². The van der Waals surface area contributed by atoms with Crippen molar-refractivity contribution in [3.63, 3.8) is 0 Å². The molecule has 17 heavy (non-hydrogen) atoms. The van der Waals surface area contributed by atoms with Crippen molar-refractivity contribution < 1.29 is 14.2 Å². The minimum Gasteiger partial charge on any atom is -0.395 e. The van der Waals surface area contributed by atoms with E-state index >= 15 is 0 Å². The van der Waals surface area contributed by atoms with Gasteiger partial charge in [-0.3, -0.25) is 0 Å². The Kier molecular flexibility index (Phi) is 5.90. The van der Waals surface area contributed by atoms with Gasteiger partial charge in [-0.15, -0.1) is 0 Å². The topological polar surface area (TPSA) is 58.7 Å². The molecule has 0 fully saturated rings. The molecule has 1 rings (SSSR count). The zero-order valence-electron chi connectivity index (χ0n) is 10.0. The van der Waals surface area contributed by atoms with E-state index in [-0.39, 0.29) is 19.0 Å². The van der Waals surface area contributed by atoms with Gasteiger partial charge in [-0.2, -0.15) is 0 Å². The molecule has 0 bridgehead atoms. The van der Waals surface area contributed by atoms with Gasteiger partial charge in [0.25, 0.3) is 0 Å². The summed E-state index contributed by atoms with van der Waals surface area (Å²) in [4.78, 5) is 1.87. The molecular weight excluding hydrogens is 223 g/mol. The number of rotatable bonds is 7. The smallest absolute Gasteiger partial charge is 0.129 e. The number of aliphatic hydroxyl groups excluding tert-OH is 1. The predicted molar refractivity (Wildman–Crippen MR) is 65.5 cm³/mol. The first-order valence-corrected chi connectivity index (χ1v) is 5.56. The van der Waals surface area contributed by atoms with Gasteiger partial charge >= 0.3 is 0 Å². The van der Waals surface area contributed by atoms with E-state index < -0.39 is 0 Å². The molecule has 0 saturated heterocycles. The summed E-state index contributed by atoms with van der Waals surface area (Å²) in [5.41, 5.74) is 6.62. The summed E-state index contributed by atoms with van der Waals surface area (Å²) in [5.74, 6) is -0.314. The zero-order valence-corrected chi connectivity index (χ0v) is 10.0. The van der Waals surface area contributed by atoms with Crippen molar-refractivity contribution in [3.8, 4) is 0 Å². The van der Waals surface area contributed by atoms with Crippen LogP contribution in [0.4, 0.5) is 10.1 Å². The Morgan fingerprint density at radius 3 is 2.71 bits per heavy atom. The lowest BCUT2D eigenvalue weighted by Gasteiger charge is -2.24. The number of hydrogen-bond donors (Lipinski definition) is 2. The lowest BCUT2D eigenvalue weighted by molar-refractivity contribution is 0.203. The molecule has 0 aromatic heterocycles. The Hall–Kier alpha value is -1.17. The molecule has 1 aromatic rings. The van der Waals surface area contributed by atoms with Gasteiger partial charge in [-0.25, -0.2) is 4.39 Å². The zero-order chi connectivity index (χ0) is 12.7. The van der Waals surface area contributed by atoms with E-state index in [0.717, 1.165) is 5.69 Å². The average molecular weight is 242 g/mol. The van der Waals surface area contributed by atoms with Crippen LogP contribution in [0.2, 0.25) is 0 Å². The van der Waals surface area contributed by atoms with E-state index in [9.17, 15) is 4.39 Å². The van der Waals surface area contributed by atoms with E-state index in [0.29, 0.717) is 25.3 Å². The molecule has 96 valence electrons. The Morgan fingerprint density at radius 2 is 2.18 bits per heavy atom. The van der Waals surface area contributed by atoms with Crippen molar-refractivity contribution in [2.45, 2.75) is 6.54 Å². The van der Waals surface area contributed by atoms with Gasteiger partial charge in [0, 0.05) is 38.0 Å². The fraction of sp³-hybridized carbons (Fsp3) is 0.500. The maximum Gasteiger partial charge on any atom is 0.129 e. The van der Waals surface area contributed by atoms with Gasteiger partial charge < -0.3 is 20.5 Å². The van der Waals surface area contributed by atoms with Crippen LogP contribution >= 0.6 is 0 Å². The first-order valence-electron chi connectivity index (χ1n) is 5.56. The van der Waals surface area contributed by atoms with Gasteiger partial charge in [-0.05, 0) is 12.1 Å². The van der Waals surface area contributed by atoms with E-state index in [2.05, 4.69) is 0 Å². The van der Waals surface area contributed by atoms with Gasteiger partial charge in [0.2, 0.25) is 0 Å². The molecular formula is C12H19FN2O2. The molecule has 1 aromatic carbocycles. The largest absolute Gasteiger partial charge is 0.395 e. The first kappa shape index (κ1) is 13.9. The van der Waals surface area contributed by atoms with Crippen LogP contribution in [-0.4, -0.2) is 38.5 Å². The number of halogens is 1. The maximum atomic E-state index is 13.6. The van der Waals surface area contributed by atoms with Gasteiger partial charge in [-0.1, -0.05) is 6.07 Å². The third kappa shape index (κ3) is 3.96. The molecule has 0 aliphatic rings. The molecule has 3 N–H and O–H groups in total. The quantitative estimate of drug-likeness (QED) is 0.740. The van der Waals surface area contributed by atoms with Crippen LogP contribution < -0.4 is 10.6 Å². The summed E-state index contributed by atoms with van der Waals surface area (Å²) in [6.07, 6.45) is 0. The van der Waals surface area contributed by atoms with Crippen LogP contribution in [0.1, 0.15) is 5.56 Å². The van der Waals surface area contributed by atoms with Gasteiger partial charge in [0.15, 0.2) is 0 Å². The first-order chi connectivity index (χ1) is 8.22. The highest BCUT2D eigenvalue weighted by Gasteiger charge is 2.08. The molecule has 0 saturated carbocycles. The van der Waals surface area contributed by atoms with Crippen LogP contribution in [0.5, 0.6) is 0 Å². The fourth-order valence-electron chi connectivity index (χ4n) is 1.59. The van der Waals surface area contributed by atoms with Crippen LogP contribution in [-0.2, 0) is 11.3 Å². The number of methoxy groups -OCH3 is 1. The Labute approximate surface area is 101 Å². The van der Waals surface area contributed by atoms with Crippen LogP contribution in [0.25, 0.3) is 0 Å². The molecule has 4 nitrogen and oxygen atoms in total. The summed E-state index contributed by atoms with van der Waals surface area (Å²) < 4.78 is 18.6. The normalized spacial score (nSPS) is 10.6. The minimum absolute atomic E-state index is 0.0178. The SMILES string of the molecule is COCCN(CCO)c1ccc(CN)c(F)c1. The standard InChI is InChI=1S/C12H19FN2O2/c1-17-7-5-15(4-6-16)11-3-2-10(9-14)12(13)8-11/h2-3,8,16H,4-7,9,14H2,1H3. The number of hydrogen-bond acceptors (Lipinski definition) is 4. The van der Waals surface area contributed by atoms with Gasteiger partial charge in [0.05, 0.1) is 13.2 Å². The molecule has 0 unspecified atom stereocenters. The Balaban J connectivity index is 2.82. The Bertz CT molecular complexity index is 347. The molecule has 0 spiro atoms. The van der Waals surface area contributed by atoms with E-state index in [1.807, 2.05) is 4.90 Å². The minimum atomic E-state index is -0.314. The molecule has 0 aliphatic carbocycles. The second kappa shape index (κ2) is 7.21. The highest BCUT2D eigenvalue weighted by atomic mass is 19.1. The van der Waals surface area contributed by atoms with Crippen molar-refractivity contribution in [1.29, 1.82) is 0 Å². The number of nitrogens with zero attached hydrogens (tertiary/aromatic N) is 1. The second-order valence-electron chi connectivity index (χ2n) is 3.68. The number of nitrogens with two attached hydrogens (primary N) is 1. The van der Waals surface area contributed by atoms with E-state index in [1.54, 1.807) is 19.2 Å².